The van der Waals surface area contributed by atoms with E-state index in [9.17, 15) is 0 Å². The van der Waals surface area contributed by atoms with Crippen LogP contribution in [0.3, 0.4) is 0 Å². The lowest BCUT2D eigenvalue weighted by Gasteiger charge is -2.39. The third kappa shape index (κ3) is 2.07. The summed E-state index contributed by atoms with van der Waals surface area (Å²) in [5, 5.41) is 0. The Kier molecular flexibility index (Phi) is 2.73. The van der Waals surface area contributed by atoms with Crippen molar-refractivity contribution in [1.82, 2.24) is 4.90 Å². The molecule has 2 aliphatic rings. The first-order chi connectivity index (χ1) is 8.57. The standard InChI is InChI=1S/C17H23N/c1-17(2,3)18-12-6-9-16(18)15-8-5-4-7-14(15)13-10-11-13/h4-8,12-13,16H,9-11H2,1-3H3. The molecular formula is C17H23N. The smallest absolute Gasteiger partial charge is 0.0580 e. The predicted octanol–water partition coefficient (Wildman–Crippen LogP) is 4.62. The molecule has 18 heavy (non-hydrogen) atoms. The fraction of sp³-hybridized carbons (Fsp3) is 0.529. The molecule has 1 atom stereocenters. The maximum absolute atomic E-state index is 2.52. The number of hydrogen-bond donors (Lipinski definition) is 0. The zero-order valence-electron chi connectivity index (χ0n) is 11.7. The van der Waals surface area contributed by atoms with E-state index < -0.39 is 0 Å². The topological polar surface area (TPSA) is 3.24 Å². The second-order valence-corrected chi connectivity index (χ2v) is 6.62. The lowest BCUT2D eigenvalue weighted by Crippen LogP contribution is -2.38. The van der Waals surface area contributed by atoms with Gasteiger partial charge in [0.1, 0.15) is 0 Å². The Bertz CT molecular complexity index is 463. The molecule has 1 aliphatic carbocycles. The molecule has 0 aromatic heterocycles. The first kappa shape index (κ1) is 11.8. The highest BCUT2D eigenvalue weighted by Crippen LogP contribution is 2.46. The van der Waals surface area contributed by atoms with Crippen LogP contribution >= 0.6 is 0 Å². The van der Waals surface area contributed by atoms with Crippen molar-refractivity contribution in [3.8, 4) is 0 Å². The Morgan fingerprint density at radius 3 is 2.33 bits per heavy atom. The average Bonchev–Trinajstić information content (AvgIpc) is 3.04. The minimum Gasteiger partial charge on any atom is -0.366 e. The van der Waals surface area contributed by atoms with Crippen molar-refractivity contribution in [2.24, 2.45) is 0 Å². The largest absolute Gasteiger partial charge is 0.366 e. The summed E-state index contributed by atoms with van der Waals surface area (Å²) in [6.45, 7) is 6.90. The number of rotatable bonds is 2. The van der Waals surface area contributed by atoms with E-state index in [0.717, 1.165) is 12.3 Å². The van der Waals surface area contributed by atoms with Gasteiger partial charge in [0.05, 0.1) is 6.04 Å². The molecule has 0 spiro atoms. The van der Waals surface area contributed by atoms with Crippen molar-refractivity contribution in [2.75, 3.05) is 0 Å². The highest BCUT2D eigenvalue weighted by molar-refractivity contribution is 5.37. The Morgan fingerprint density at radius 1 is 1.06 bits per heavy atom. The monoisotopic (exact) mass is 241 g/mol. The summed E-state index contributed by atoms with van der Waals surface area (Å²) in [6, 6.07) is 9.61. The molecule has 1 unspecified atom stereocenters. The third-order valence-electron chi connectivity index (χ3n) is 4.11. The summed E-state index contributed by atoms with van der Waals surface area (Å²) in [6.07, 6.45) is 8.52. The quantitative estimate of drug-likeness (QED) is 0.730. The van der Waals surface area contributed by atoms with E-state index in [4.69, 9.17) is 0 Å². The maximum atomic E-state index is 2.52. The maximum Gasteiger partial charge on any atom is 0.0580 e. The molecule has 0 saturated heterocycles. The van der Waals surface area contributed by atoms with Crippen molar-refractivity contribution in [2.45, 2.75) is 57.5 Å². The summed E-state index contributed by atoms with van der Waals surface area (Å²) in [5.41, 5.74) is 3.36. The van der Waals surface area contributed by atoms with Gasteiger partial charge in [-0.05, 0) is 63.3 Å². The molecular weight excluding hydrogens is 218 g/mol. The van der Waals surface area contributed by atoms with Crippen molar-refractivity contribution in [3.05, 3.63) is 47.7 Å². The van der Waals surface area contributed by atoms with Crippen LogP contribution in [0.25, 0.3) is 0 Å². The van der Waals surface area contributed by atoms with Crippen LogP contribution in [0.5, 0.6) is 0 Å². The molecule has 0 bridgehead atoms. The van der Waals surface area contributed by atoms with Gasteiger partial charge >= 0.3 is 0 Å². The molecule has 96 valence electrons. The Hall–Kier alpha value is -1.24. The lowest BCUT2D eigenvalue weighted by molar-refractivity contribution is 0.160. The van der Waals surface area contributed by atoms with Crippen LogP contribution in [-0.2, 0) is 0 Å². The summed E-state index contributed by atoms with van der Waals surface area (Å²) < 4.78 is 0. The van der Waals surface area contributed by atoms with Gasteiger partial charge in [-0.2, -0.15) is 0 Å². The molecule has 1 aliphatic heterocycles. The fourth-order valence-electron chi connectivity index (χ4n) is 3.07. The van der Waals surface area contributed by atoms with E-state index in [-0.39, 0.29) is 5.54 Å². The van der Waals surface area contributed by atoms with Crippen molar-refractivity contribution in [1.29, 1.82) is 0 Å². The van der Waals surface area contributed by atoms with Crippen LogP contribution in [0.15, 0.2) is 36.5 Å². The van der Waals surface area contributed by atoms with Gasteiger partial charge in [-0.25, -0.2) is 0 Å². The van der Waals surface area contributed by atoms with Gasteiger partial charge in [-0.1, -0.05) is 30.3 Å². The molecule has 1 heteroatoms. The average molecular weight is 241 g/mol. The summed E-state index contributed by atoms with van der Waals surface area (Å²) in [4.78, 5) is 2.52. The first-order valence-corrected chi connectivity index (χ1v) is 7.11. The molecule has 1 fully saturated rings. The van der Waals surface area contributed by atoms with Gasteiger partial charge < -0.3 is 4.90 Å². The summed E-state index contributed by atoms with van der Waals surface area (Å²) >= 11 is 0. The second kappa shape index (κ2) is 4.15. The highest BCUT2D eigenvalue weighted by Gasteiger charge is 2.34. The van der Waals surface area contributed by atoms with Crippen molar-refractivity contribution in [3.63, 3.8) is 0 Å². The van der Waals surface area contributed by atoms with E-state index in [0.29, 0.717) is 6.04 Å². The molecule has 3 rings (SSSR count). The molecule has 1 saturated carbocycles. The third-order valence-corrected chi connectivity index (χ3v) is 4.11. The minimum absolute atomic E-state index is 0.203. The number of hydrogen-bond acceptors (Lipinski definition) is 1. The van der Waals surface area contributed by atoms with Gasteiger partial charge in [-0.15, -0.1) is 0 Å². The fourth-order valence-corrected chi connectivity index (χ4v) is 3.07. The van der Waals surface area contributed by atoms with Crippen LogP contribution in [0, 0.1) is 0 Å². The van der Waals surface area contributed by atoms with Gasteiger partial charge in [-0.3, -0.25) is 0 Å². The molecule has 0 amide bonds. The van der Waals surface area contributed by atoms with Crippen LogP contribution in [-0.4, -0.2) is 10.4 Å². The first-order valence-electron chi connectivity index (χ1n) is 7.11. The zero-order valence-corrected chi connectivity index (χ0v) is 11.7. The molecule has 1 aromatic rings. The van der Waals surface area contributed by atoms with E-state index in [1.165, 1.54) is 12.8 Å². The lowest BCUT2D eigenvalue weighted by atomic mass is 9.93. The van der Waals surface area contributed by atoms with Crippen LogP contribution in [0.2, 0.25) is 0 Å². The Labute approximate surface area is 111 Å². The summed E-state index contributed by atoms with van der Waals surface area (Å²) in [7, 11) is 0. The molecule has 1 nitrogen and oxygen atoms in total. The van der Waals surface area contributed by atoms with E-state index in [1.807, 2.05) is 0 Å². The molecule has 1 heterocycles. The molecule has 0 radical (unpaired) electrons. The highest BCUT2D eigenvalue weighted by atomic mass is 15.2. The van der Waals surface area contributed by atoms with E-state index in [1.54, 1.807) is 11.1 Å². The van der Waals surface area contributed by atoms with Gasteiger partial charge in [0, 0.05) is 5.54 Å². The van der Waals surface area contributed by atoms with Crippen molar-refractivity contribution >= 4 is 0 Å². The SMILES string of the molecule is CC(C)(C)N1C=CCC1c1ccccc1C1CC1. The van der Waals surface area contributed by atoms with Crippen molar-refractivity contribution < 1.29 is 0 Å². The normalized spacial score (nSPS) is 23.7. The predicted molar refractivity (Wildman–Crippen MR) is 76.5 cm³/mol. The Morgan fingerprint density at radius 2 is 1.72 bits per heavy atom. The number of benzene rings is 1. The van der Waals surface area contributed by atoms with Gasteiger partial charge in [0.25, 0.3) is 0 Å². The minimum atomic E-state index is 0.203. The van der Waals surface area contributed by atoms with Crippen LogP contribution < -0.4 is 0 Å². The van der Waals surface area contributed by atoms with E-state index in [2.05, 4.69) is 62.2 Å². The zero-order chi connectivity index (χ0) is 12.8. The molecule has 0 N–H and O–H groups in total. The second-order valence-electron chi connectivity index (χ2n) is 6.62. The van der Waals surface area contributed by atoms with Crippen LogP contribution in [0.4, 0.5) is 0 Å². The molecule has 1 aromatic carbocycles. The van der Waals surface area contributed by atoms with Gasteiger partial charge in [0.15, 0.2) is 0 Å². The summed E-state index contributed by atoms with van der Waals surface area (Å²) in [5.74, 6) is 0.837. The van der Waals surface area contributed by atoms with E-state index >= 15 is 0 Å². The van der Waals surface area contributed by atoms with Gasteiger partial charge in [0.2, 0.25) is 0 Å². The Balaban J connectivity index is 1.95. The number of nitrogens with zero attached hydrogens (tertiary/aromatic N) is 1. The van der Waals surface area contributed by atoms with Crippen LogP contribution in [0.1, 0.15) is 63.1 Å².